The number of benzene rings is 1. The zero-order valence-corrected chi connectivity index (χ0v) is 16.0. The smallest absolute Gasteiger partial charge is 0.329 e. The maximum atomic E-state index is 11.4. The summed E-state index contributed by atoms with van der Waals surface area (Å²) >= 11 is 5.89. The molecule has 3 aromatic rings. The Kier molecular flexibility index (Phi) is 6.33. The molecule has 0 aliphatic rings. The van der Waals surface area contributed by atoms with Crippen LogP contribution in [0.2, 0.25) is 5.02 Å². The van der Waals surface area contributed by atoms with Crippen molar-refractivity contribution in [2.45, 2.75) is 12.8 Å². The highest BCUT2D eigenvalue weighted by molar-refractivity contribution is 6.30. The number of halogens is 1. The normalized spacial score (nSPS) is 10.5. The van der Waals surface area contributed by atoms with E-state index in [0.29, 0.717) is 11.6 Å². The van der Waals surface area contributed by atoms with Crippen molar-refractivity contribution < 1.29 is 4.92 Å². The molecule has 28 heavy (non-hydrogen) atoms. The van der Waals surface area contributed by atoms with Crippen LogP contribution in [0.5, 0.6) is 0 Å². The van der Waals surface area contributed by atoms with Crippen LogP contribution in [-0.4, -0.2) is 33.5 Å². The molecule has 0 spiro atoms. The van der Waals surface area contributed by atoms with E-state index in [9.17, 15) is 10.1 Å². The molecule has 0 fully saturated rings. The predicted molar refractivity (Wildman–Crippen MR) is 109 cm³/mol. The van der Waals surface area contributed by atoms with E-state index < -0.39 is 4.92 Å². The summed E-state index contributed by atoms with van der Waals surface area (Å²) in [5, 5.41) is 15.0. The molecular formula is C19H19ClN6O2. The number of hydrogen-bond donors (Lipinski definition) is 1. The molecule has 1 N–H and O–H groups in total. The van der Waals surface area contributed by atoms with Gasteiger partial charge in [-0.3, -0.25) is 15.1 Å². The second kappa shape index (κ2) is 9.09. The minimum absolute atomic E-state index is 0.131. The molecule has 8 nitrogen and oxygen atoms in total. The third-order valence-electron chi connectivity index (χ3n) is 4.12. The average molecular weight is 399 g/mol. The Bertz CT molecular complexity index is 937. The zero-order valence-electron chi connectivity index (χ0n) is 15.2. The number of nitrogens with one attached hydrogen (secondary N) is 1. The van der Waals surface area contributed by atoms with Crippen LogP contribution in [0.3, 0.4) is 0 Å². The van der Waals surface area contributed by atoms with Gasteiger partial charge in [0, 0.05) is 36.7 Å². The van der Waals surface area contributed by atoms with Crippen LogP contribution < -0.4 is 10.2 Å². The van der Waals surface area contributed by atoms with Gasteiger partial charge in [0.2, 0.25) is 11.8 Å². The van der Waals surface area contributed by atoms with E-state index in [1.807, 2.05) is 12.1 Å². The van der Waals surface area contributed by atoms with Gasteiger partial charge in [0.05, 0.1) is 4.92 Å². The molecular weight excluding hydrogens is 380 g/mol. The Morgan fingerprint density at radius 2 is 1.89 bits per heavy atom. The number of nitrogens with zero attached hydrogens (tertiary/aromatic N) is 5. The molecule has 2 heterocycles. The van der Waals surface area contributed by atoms with E-state index >= 15 is 0 Å². The first-order valence-electron chi connectivity index (χ1n) is 8.67. The summed E-state index contributed by atoms with van der Waals surface area (Å²) in [6.07, 6.45) is 6.40. The topological polar surface area (TPSA) is 97.1 Å². The SMILES string of the molecule is CN(CCCc1ccncc1)c1nc(Nc2ccc(Cl)cc2)ncc1[N+](=O)[O-]. The number of nitro groups is 1. The highest BCUT2D eigenvalue weighted by Gasteiger charge is 2.20. The van der Waals surface area contributed by atoms with Gasteiger partial charge in [-0.25, -0.2) is 4.98 Å². The molecule has 0 atom stereocenters. The fourth-order valence-electron chi connectivity index (χ4n) is 2.67. The van der Waals surface area contributed by atoms with Crippen molar-refractivity contribution in [3.05, 3.63) is 75.7 Å². The number of aromatic nitrogens is 3. The third kappa shape index (κ3) is 5.14. The Labute approximate surface area is 167 Å². The number of aryl methyl sites for hydroxylation is 1. The van der Waals surface area contributed by atoms with Gasteiger partial charge >= 0.3 is 5.69 Å². The van der Waals surface area contributed by atoms with Gasteiger partial charge < -0.3 is 10.2 Å². The van der Waals surface area contributed by atoms with Crippen molar-refractivity contribution >= 4 is 34.7 Å². The van der Waals surface area contributed by atoms with E-state index in [2.05, 4.69) is 20.3 Å². The van der Waals surface area contributed by atoms with Crippen molar-refractivity contribution in [2.24, 2.45) is 0 Å². The quantitative estimate of drug-likeness (QED) is 0.447. The first kappa shape index (κ1) is 19.5. The molecule has 0 saturated heterocycles. The molecule has 0 radical (unpaired) electrons. The summed E-state index contributed by atoms with van der Waals surface area (Å²) in [4.78, 5) is 25.1. The van der Waals surface area contributed by atoms with Crippen LogP contribution in [0.25, 0.3) is 0 Å². The fraction of sp³-hybridized carbons (Fsp3) is 0.211. The molecule has 3 rings (SSSR count). The predicted octanol–water partition coefficient (Wildman–Crippen LogP) is 4.25. The number of anilines is 3. The van der Waals surface area contributed by atoms with Gasteiger partial charge in [-0.1, -0.05) is 11.6 Å². The first-order chi connectivity index (χ1) is 13.5. The van der Waals surface area contributed by atoms with E-state index in [1.165, 1.54) is 11.8 Å². The number of rotatable bonds is 8. The molecule has 9 heteroatoms. The van der Waals surface area contributed by atoms with E-state index in [4.69, 9.17) is 11.6 Å². The Hall–Kier alpha value is -3.26. The second-order valence-corrected chi connectivity index (χ2v) is 6.61. The molecule has 2 aromatic heterocycles. The average Bonchev–Trinajstić information content (AvgIpc) is 2.70. The van der Waals surface area contributed by atoms with Crippen molar-refractivity contribution in [2.75, 3.05) is 23.8 Å². The van der Waals surface area contributed by atoms with Crippen molar-refractivity contribution in [1.82, 2.24) is 15.0 Å². The van der Waals surface area contributed by atoms with Crippen LogP contribution in [0.1, 0.15) is 12.0 Å². The van der Waals surface area contributed by atoms with Crippen LogP contribution in [0, 0.1) is 10.1 Å². The number of pyridine rings is 1. The molecule has 0 saturated carbocycles. The largest absolute Gasteiger partial charge is 0.354 e. The highest BCUT2D eigenvalue weighted by Crippen LogP contribution is 2.27. The van der Waals surface area contributed by atoms with Crippen LogP contribution in [-0.2, 0) is 6.42 Å². The van der Waals surface area contributed by atoms with E-state index in [0.717, 1.165) is 18.5 Å². The second-order valence-electron chi connectivity index (χ2n) is 6.17. The van der Waals surface area contributed by atoms with E-state index in [1.54, 1.807) is 48.6 Å². The summed E-state index contributed by atoms with van der Waals surface area (Å²) in [5.41, 5.74) is 1.78. The van der Waals surface area contributed by atoms with Gasteiger partial charge in [-0.2, -0.15) is 4.98 Å². The van der Waals surface area contributed by atoms with Crippen LogP contribution in [0.15, 0.2) is 55.0 Å². The zero-order chi connectivity index (χ0) is 19.9. The number of hydrogen-bond acceptors (Lipinski definition) is 7. The summed E-state index contributed by atoms with van der Waals surface area (Å²) in [6, 6.07) is 11.0. The minimum Gasteiger partial charge on any atom is -0.354 e. The Morgan fingerprint density at radius 1 is 1.18 bits per heavy atom. The van der Waals surface area contributed by atoms with Gasteiger partial charge in [-0.15, -0.1) is 0 Å². The monoisotopic (exact) mass is 398 g/mol. The summed E-state index contributed by atoms with van der Waals surface area (Å²) in [7, 11) is 1.79. The standard InChI is InChI=1S/C19H19ClN6O2/c1-25(12-2-3-14-8-10-21-11-9-14)18-17(26(27)28)13-22-19(24-18)23-16-6-4-15(20)5-7-16/h4-11,13H,2-3,12H2,1H3,(H,22,23,24). The van der Waals surface area contributed by atoms with Gasteiger partial charge in [-0.05, 0) is 54.8 Å². The van der Waals surface area contributed by atoms with Gasteiger partial charge in [0.1, 0.15) is 6.20 Å². The first-order valence-corrected chi connectivity index (χ1v) is 9.05. The molecule has 1 aromatic carbocycles. The van der Waals surface area contributed by atoms with Gasteiger partial charge in [0.15, 0.2) is 0 Å². The molecule has 0 aliphatic carbocycles. The molecule has 0 amide bonds. The summed E-state index contributed by atoms with van der Waals surface area (Å²) in [5.74, 6) is 0.551. The van der Waals surface area contributed by atoms with Crippen LogP contribution in [0.4, 0.5) is 23.1 Å². The molecule has 0 bridgehead atoms. The van der Waals surface area contributed by atoms with Crippen LogP contribution >= 0.6 is 11.6 Å². The molecule has 0 aliphatic heterocycles. The van der Waals surface area contributed by atoms with Gasteiger partial charge in [0.25, 0.3) is 0 Å². The summed E-state index contributed by atoms with van der Waals surface area (Å²) in [6.45, 7) is 0.612. The maximum Gasteiger partial charge on any atom is 0.329 e. The molecule has 0 unspecified atom stereocenters. The lowest BCUT2D eigenvalue weighted by Gasteiger charge is -2.18. The van der Waals surface area contributed by atoms with Crippen molar-refractivity contribution in [3.63, 3.8) is 0 Å². The Balaban J connectivity index is 1.73. The lowest BCUT2D eigenvalue weighted by atomic mass is 10.1. The maximum absolute atomic E-state index is 11.4. The van der Waals surface area contributed by atoms with E-state index in [-0.39, 0.29) is 17.5 Å². The fourth-order valence-corrected chi connectivity index (χ4v) is 2.80. The lowest BCUT2D eigenvalue weighted by Crippen LogP contribution is -2.22. The third-order valence-corrected chi connectivity index (χ3v) is 4.37. The van der Waals surface area contributed by atoms with Crippen molar-refractivity contribution in [1.29, 1.82) is 0 Å². The van der Waals surface area contributed by atoms with Crippen molar-refractivity contribution in [3.8, 4) is 0 Å². The lowest BCUT2D eigenvalue weighted by molar-refractivity contribution is -0.384. The minimum atomic E-state index is -0.471. The molecule has 144 valence electrons. The highest BCUT2D eigenvalue weighted by atomic mass is 35.5. The summed E-state index contributed by atoms with van der Waals surface area (Å²) < 4.78 is 0. The Morgan fingerprint density at radius 3 is 2.57 bits per heavy atom.